The van der Waals surface area contributed by atoms with Crippen LogP contribution in [0.5, 0.6) is 0 Å². The maximum Gasteiger partial charge on any atom is 0.343 e. The Bertz CT molecular complexity index is 650. The van der Waals surface area contributed by atoms with Gasteiger partial charge in [0.05, 0.1) is 6.61 Å². The van der Waals surface area contributed by atoms with Crippen LogP contribution in [0.4, 0.5) is 0 Å². The Morgan fingerprint density at radius 1 is 1.37 bits per heavy atom. The molecule has 98 valence electrons. The Hall–Kier alpha value is -2.01. The maximum absolute atomic E-state index is 11.8. The third kappa shape index (κ3) is 2.88. The fraction of sp³-hybridized carbons (Fsp3) is 0.214. The summed E-state index contributed by atoms with van der Waals surface area (Å²) < 4.78 is 5.23. The largest absolute Gasteiger partial charge is 0.462 e. The minimum Gasteiger partial charge on any atom is -0.462 e. The van der Waals surface area contributed by atoms with Gasteiger partial charge in [0, 0.05) is 11.3 Å². The second kappa shape index (κ2) is 5.75. The van der Waals surface area contributed by atoms with E-state index in [1.54, 1.807) is 13.8 Å². The first-order valence-electron chi connectivity index (χ1n) is 5.97. The van der Waals surface area contributed by atoms with Gasteiger partial charge in [-0.3, -0.25) is 0 Å². The third-order valence-corrected chi connectivity index (χ3v) is 2.93. The van der Waals surface area contributed by atoms with Crippen LogP contribution in [0.15, 0.2) is 30.3 Å². The second-order valence-corrected chi connectivity index (χ2v) is 4.36. The average molecular weight is 274 g/mol. The Balaban J connectivity index is 2.49. The zero-order chi connectivity index (χ0) is 13.8. The Morgan fingerprint density at radius 3 is 2.63 bits per heavy atom. The number of hydrogen-bond acceptors (Lipinski definition) is 4. The van der Waals surface area contributed by atoms with E-state index in [2.05, 4.69) is 9.97 Å². The number of aromatic amines is 1. The van der Waals surface area contributed by atoms with Crippen molar-refractivity contribution in [3.63, 3.8) is 0 Å². The molecule has 0 aliphatic heterocycles. The summed E-state index contributed by atoms with van der Waals surface area (Å²) in [7, 11) is 0. The number of carbonyl (C=O) groups excluding carboxylic acids is 1. The minimum absolute atomic E-state index is 0.258. The van der Waals surface area contributed by atoms with Crippen molar-refractivity contribution < 1.29 is 9.53 Å². The highest BCUT2D eigenvalue weighted by molar-refractivity contribution is 7.71. The lowest BCUT2D eigenvalue weighted by atomic mass is 10.2. The van der Waals surface area contributed by atoms with Gasteiger partial charge in [-0.2, -0.15) is 0 Å². The highest BCUT2D eigenvalue weighted by Gasteiger charge is 2.15. The van der Waals surface area contributed by atoms with E-state index in [-0.39, 0.29) is 4.64 Å². The lowest BCUT2D eigenvalue weighted by Gasteiger charge is -2.08. The zero-order valence-electron chi connectivity index (χ0n) is 10.8. The van der Waals surface area contributed by atoms with E-state index in [0.29, 0.717) is 23.7 Å². The predicted octanol–water partition coefficient (Wildman–Crippen LogP) is 3.29. The molecule has 19 heavy (non-hydrogen) atoms. The Morgan fingerprint density at radius 2 is 2.05 bits per heavy atom. The molecule has 0 radical (unpaired) electrons. The summed E-state index contributed by atoms with van der Waals surface area (Å²) >= 11 is 5.19. The number of benzene rings is 1. The molecule has 2 aromatic rings. The van der Waals surface area contributed by atoms with Crippen LogP contribution in [0.1, 0.15) is 23.0 Å². The predicted molar refractivity (Wildman–Crippen MR) is 75.6 cm³/mol. The second-order valence-electron chi connectivity index (χ2n) is 3.98. The van der Waals surface area contributed by atoms with Crippen molar-refractivity contribution in [1.82, 2.24) is 9.97 Å². The highest BCUT2D eigenvalue weighted by Crippen LogP contribution is 2.17. The van der Waals surface area contributed by atoms with Gasteiger partial charge in [-0.1, -0.05) is 42.5 Å². The SMILES string of the molecule is CCOC(=O)c1c(C)[nH]c(-c2ccccc2)nc1=S. The van der Waals surface area contributed by atoms with Crippen LogP contribution in [0.25, 0.3) is 11.4 Å². The fourth-order valence-corrected chi connectivity index (χ4v) is 2.09. The van der Waals surface area contributed by atoms with Gasteiger partial charge in [-0.05, 0) is 13.8 Å². The number of hydrogen-bond donors (Lipinski definition) is 1. The molecule has 1 N–H and O–H groups in total. The molecule has 0 unspecified atom stereocenters. The molecule has 4 nitrogen and oxygen atoms in total. The molecule has 0 saturated heterocycles. The van der Waals surface area contributed by atoms with Crippen molar-refractivity contribution in [1.29, 1.82) is 0 Å². The minimum atomic E-state index is -0.437. The molecule has 1 aromatic carbocycles. The van der Waals surface area contributed by atoms with Crippen LogP contribution in [-0.4, -0.2) is 22.5 Å². The van der Waals surface area contributed by atoms with E-state index < -0.39 is 5.97 Å². The maximum atomic E-state index is 11.8. The molecular weight excluding hydrogens is 260 g/mol. The molecular formula is C14H14N2O2S. The lowest BCUT2D eigenvalue weighted by Crippen LogP contribution is -2.10. The Labute approximate surface area is 116 Å². The van der Waals surface area contributed by atoms with Gasteiger partial charge in [-0.25, -0.2) is 9.78 Å². The molecule has 2 rings (SSSR count). The van der Waals surface area contributed by atoms with Gasteiger partial charge in [0.1, 0.15) is 16.0 Å². The van der Waals surface area contributed by atoms with Crippen molar-refractivity contribution in [2.75, 3.05) is 6.61 Å². The normalized spacial score (nSPS) is 10.2. The molecule has 0 aliphatic rings. The van der Waals surface area contributed by atoms with Gasteiger partial charge < -0.3 is 9.72 Å². The van der Waals surface area contributed by atoms with Crippen LogP contribution >= 0.6 is 12.2 Å². The van der Waals surface area contributed by atoms with Gasteiger partial charge in [0.25, 0.3) is 0 Å². The fourth-order valence-electron chi connectivity index (χ4n) is 1.76. The zero-order valence-corrected chi connectivity index (χ0v) is 11.6. The van der Waals surface area contributed by atoms with Crippen molar-refractivity contribution in [3.8, 4) is 11.4 Å². The number of carbonyl (C=O) groups is 1. The molecule has 5 heteroatoms. The molecule has 0 bridgehead atoms. The number of H-pyrrole nitrogens is 1. The summed E-state index contributed by atoms with van der Waals surface area (Å²) in [6, 6.07) is 9.62. The monoisotopic (exact) mass is 274 g/mol. The summed E-state index contributed by atoms with van der Waals surface area (Å²) in [4.78, 5) is 19.1. The number of aryl methyl sites for hydroxylation is 1. The summed E-state index contributed by atoms with van der Waals surface area (Å²) in [5.41, 5.74) is 1.92. The van der Waals surface area contributed by atoms with Crippen molar-refractivity contribution in [2.45, 2.75) is 13.8 Å². The van der Waals surface area contributed by atoms with E-state index >= 15 is 0 Å². The van der Waals surface area contributed by atoms with E-state index in [9.17, 15) is 4.79 Å². The van der Waals surface area contributed by atoms with Crippen molar-refractivity contribution >= 4 is 18.2 Å². The smallest absolute Gasteiger partial charge is 0.343 e. The van der Waals surface area contributed by atoms with Gasteiger partial charge in [0.2, 0.25) is 0 Å². The van der Waals surface area contributed by atoms with Crippen LogP contribution in [-0.2, 0) is 4.74 Å². The number of ether oxygens (including phenoxy) is 1. The molecule has 0 spiro atoms. The van der Waals surface area contributed by atoms with E-state index in [1.807, 2.05) is 30.3 Å². The first-order valence-corrected chi connectivity index (χ1v) is 6.37. The van der Waals surface area contributed by atoms with Crippen LogP contribution in [0, 0.1) is 11.6 Å². The van der Waals surface area contributed by atoms with E-state index in [1.165, 1.54) is 0 Å². The van der Waals surface area contributed by atoms with Crippen LogP contribution < -0.4 is 0 Å². The van der Waals surface area contributed by atoms with Gasteiger partial charge in [0.15, 0.2) is 0 Å². The first-order chi connectivity index (χ1) is 9.13. The van der Waals surface area contributed by atoms with E-state index in [4.69, 9.17) is 17.0 Å². The number of rotatable bonds is 3. The standard InChI is InChI=1S/C14H14N2O2S/c1-3-18-14(17)11-9(2)15-12(16-13(11)19)10-7-5-4-6-8-10/h4-8H,3H2,1-2H3,(H,15,16,19). The van der Waals surface area contributed by atoms with Gasteiger partial charge in [-0.15, -0.1) is 0 Å². The number of esters is 1. The summed E-state index contributed by atoms with van der Waals surface area (Å²) in [6.07, 6.45) is 0. The number of nitrogens with zero attached hydrogens (tertiary/aromatic N) is 1. The quantitative estimate of drug-likeness (QED) is 0.689. The summed E-state index contributed by atoms with van der Waals surface area (Å²) in [5.74, 6) is 0.213. The molecule has 0 saturated carbocycles. The lowest BCUT2D eigenvalue weighted by molar-refractivity contribution is 0.0524. The molecule has 0 fully saturated rings. The molecule has 1 heterocycles. The summed E-state index contributed by atoms with van der Waals surface area (Å²) in [6.45, 7) is 3.86. The molecule has 0 atom stereocenters. The third-order valence-electron chi connectivity index (χ3n) is 2.63. The molecule has 0 aliphatic carbocycles. The summed E-state index contributed by atoms with van der Waals surface area (Å²) in [5, 5.41) is 0. The molecule has 1 aromatic heterocycles. The van der Waals surface area contributed by atoms with Crippen LogP contribution in [0.3, 0.4) is 0 Å². The topological polar surface area (TPSA) is 55.0 Å². The first kappa shape index (κ1) is 13.4. The highest BCUT2D eigenvalue weighted by atomic mass is 32.1. The van der Waals surface area contributed by atoms with Crippen LogP contribution in [0.2, 0.25) is 0 Å². The van der Waals surface area contributed by atoms with Crippen molar-refractivity contribution in [3.05, 3.63) is 46.2 Å². The average Bonchev–Trinajstić information content (AvgIpc) is 2.39. The van der Waals surface area contributed by atoms with Crippen molar-refractivity contribution in [2.24, 2.45) is 0 Å². The number of nitrogens with one attached hydrogen (secondary N) is 1. The Kier molecular flexibility index (Phi) is 4.06. The van der Waals surface area contributed by atoms with E-state index in [0.717, 1.165) is 5.56 Å². The molecule has 0 amide bonds. The number of aromatic nitrogens is 2. The van der Waals surface area contributed by atoms with Gasteiger partial charge >= 0.3 is 5.97 Å².